The van der Waals surface area contributed by atoms with Gasteiger partial charge in [-0.25, -0.2) is 4.98 Å². The van der Waals surface area contributed by atoms with Gasteiger partial charge in [-0.2, -0.15) is 0 Å². The fourth-order valence-electron chi connectivity index (χ4n) is 3.54. The van der Waals surface area contributed by atoms with Crippen molar-refractivity contribution in [3.63, 3.8) is 0 Å². The van der Waals surface area contributed by atoms with E-state index in [0.29, 0.717) is 0 Å². The molecule has 0 saturated heterocycles. The van der Waals surface area contributed by atoms with Crippen LogP contribution in [0.2, 0.25) is 19.6 Å². The van der Waals surface area contributed by atoms with E-state index in [4.69, 9.17) is 4.98 Å². The van der Waals surface area contributed by atoms with Gasteiger partial charge in [0.25, 0.3) is 0 Å². The Morgan fingerprint density at radius 2 is 1.33 bits per heavy atom. The molecule has 4 aromatic rings. The number of benzene rings is 3. The molecule has 3 heteroatoms. The zero-order chi connectivity index (χ0) is 18.9. The number of aromatic nitrogens is 2. The third kappa shape index (κ3) is 3.38. The molecular weight excluding hydrogens is 344 g/mol. The quantitative estimate of drug-likeness (QED) is 0.419. The molecule has 1 heterocycles. The lowest BCUT2D eigenvalue weighted by Gasteiger charge is -2.25. The van der Waals surface area contributed by atoms with Crippen molar-refractivity contribution >= 4 is 13.3 Å². The van der Waals surface area contributed by atoms with Gasteiger partial charge in [-0.05, 0) is 10.8 Å². The van der Waals surface area contributed by atoms with Gasteiger partial charge >= 0.3 is 0 Å². The zero-order valence-electron chi connectivity index (χ0n) is 16.1. The van der Waals surface area contributed by atoms with Gasteiger partial charge in [-0.3, -0.25) is 4.57 Å². The third-order valence-corrected chi connectivity index (χ3v) is 6.86. The van der Waals surface area contributed by atoms with Crippen LogP contribution >= 0.6 is 0 Å². The number of nitrogens with zero attached hydrogens (tertiary/aromatic N) is 2. The third-order valence-electron chi connectivity index (χ3n) is 4.84. The number of hydrogen-bond donors (Lipinski definition) is 0. The molecule has 0 aliphatic rings. The van der Waals surface area contributed by atoms with Gasteiger partial charge in [0.15, 0.2) is 0 Å². The molecule has 0 aliphatic heterocycles. The molecule has 0 radical (unpaired) electrons. The van der Waals surface area contributed by atoms with Gasteiger partial charge in [0.05, 0.1) is 13.8 Å². The Morgan fingerprint density at radius 3 is 1.96 bits per heavy atom. The first kappa shape index (κ1) is 17.5. The minimum Gasteiger partial charge on any atom is -0.299 e. The summed E-state index contributed by atoms with van der Waals surface area (Å²) >= 11 is 0. The topological polar surface area (TPSA) is 17.8 Å². The van der Waals surface area contributed by atoms with Crippen LogP contribution in [0, 0.1) is 0 Å². The maximum absolute atomic E-state index is 4.70. The number of rotatable bonds is 4. The second-order valence-corrected chi connectivity index (χ2v) is 12.8. The van der Waals surface area contributed by atoms with E-state index in [2.05, 4.69) is 103 Å². The van der Waals surface area contributed by atoms with E-state index in [0.717, 1.165) is 11.4 Å². The average molecular weight is 369 g/mol. The molecule has 0 unspecified atom stereocenters. The summed E-state index contributed by atoms with van der Waals surface area (Å²) < 4.78 is 2.27. The Bertz CT molecular complexity index is 1040. The SMILES string of the molecule is C[Si](C)(C)c1cccc(-c2ccccc2)c1-n1ccnc1-c1ccccc1. The largest absolute Gasteiger partial charge is 0.299 e. The normalized spacial score (nSPS) is 11.5. The fraction of sp³-hybridized carbons (Fsp3) is 0.125. The van der Waals surface area contributed by atoms with Crippen molar-refractivity contribution in [2.75, 3.05) is 0 Å². The Hall–Kier alpha value is -2.91. The van der Waals surface area contributed by atoms with Crippen LogP contribution in [0.1, 0.15) is 0 Å². The Labute approximate surface area is 162 Å². The van der Waals surface area contributed by atoms with Crippen LogP contribution in [-0.4, -0.2) is 17.6 Å². The summed E-state index contributed by atoms with van der Waals surface area (Å²) in [5, 5.41) is 1.44. The van der Waals surface area contributed by atoms with Crippen LogP contribution in [0.5, 0.6) is 0 Å². The molecule has 0 fully saturated rings. The first-order chi connectivity index (χ1) is 13.1. The lowest BCUT2D eigenvalue weighted by Crippen LogP contribution is -2.40. The number of imidazole rings is 1. The minimum absolute atomic E-state index is 0.985. The summed E-state index contributed by atoms with van der Waals surface area (Å²) in [7, 11) is -1.57. The van der Waals surface area contributed by atoms with E-state index in [1.165, 1.54) is 22.0 Å². The highest BCUT2D eigenvalue weighted by Crippen LogP contribution is 2.30. The van der Waals surface area contributed by atoms with Crippen LogP contribution < -0.4 is 5.19 Å². The average Bonchev–Trinajstić information content (AvgIpc) is 3.17. The summed E-state index contributed by atoms with van der Waals surface area (Å²) in [6, 6.07) is 27.8. The van der Waals surface area contributed by atoms with E-state index in [1.54, 1.807) is 0 Å². The van der Waals surface area contributed by atoms with Crippen molar-refractivity contribution in [3.8, 4) is 28.2 Å². The number of hydrogen-bond acceptors (Lipinski definition) is 1. The zero-order valence-corrected chi connectivity index (χ0v) is 17.1. The maximum atomic E-state index is 4.70. The molecule has 0 N–H and O–H groups in total. The molecule has 0 atom stereocenters. The van der Waals surface area contributed by atoms with Crippen LogP contribution in [0.4, 0.5) is 0 Å². The molecule has 2 nitrogen and oxygen atoms in total. The lowest BCUT2D eigenvalue weighted by molar-refractivity contribution is 1.08. The van der Waals surface area contributed by atoms with Gasteiger partial charge < -0.3 is 0 Å². The predicted octanol–water partition coefficient (Wildman–Crippen LogP) is 5.75. The van der Waals surface area contributed by atoms with Gasteiger partial charge in [-0.15, -0.1) is 0 Å². The molecule has 0 amide bonds. The van der Waals surface area contributed by atoms with Gasteiger partial charge in [0, 0.05) is 23.5 Å². The van der Waals surface area contributed by atoms with Crippen molar-refractivity contribution in [1.29, 1.82) is 0 Å². The highest BCUT2D eigenvalue weighted by Gasteiger charge is 2.25. The summed E-state index contributed by atoms with van der Waals surface area (Å²) in [6.45, 7) is 7.21. The van der Waals surface area contributed by atoms with Gasteiger partial charge in [0.1, 0.15) is 5.82 Å². The molecule has 1 aromatic heterocycles. The molecule has 0 spiro atoms. The van der Waals surface area contributed by atoms with Crippen LogP contribution in [0.15, 0.2) is 91.3 Å². The summed E-state index contributed by atoms with van der Waals surface area (Å²) in [4.78, 5) is 4.70. The Kier molecular flexibility index (Phi) is 4.54. The van der Waals surface area contributed by atoms with Crippen LogP contribution in [0.3, 0.4) is 0 Å². The molecule has 0 bridgehead atoms. The molecule has 3 aromatic carbocycles. The standard InChI is InChI=1S/C24H24N2Si/c1-27(2,3)22-16-10-15-21(19-11-6-4-7-12-19)23(22)26-18-17-25-24(26)20-13-8-5-9-14-20/h4-18H,1-3H3. The minimum atomic E-state index is -1.57. The fourth-order valence-corrected chi connectivity index (χ4v) is 5.11. The second-order valence-electron chi connectivity index (χ2n) is 7.80. The monoisotopic (exact) mass is 368 g/mol. The summed E-state index contributed by atoms with van der Waals surface area (Å²) in [6.07, 6.45) is 3.99. The first-order valence-corrected chi connectivity index (χ1v) is 12.8. The van der Waals surface area contributed by atoms with E-state index in [-0.39, 0.29) is 0 Å². The molecule has 134 valence electrons. The number of para-hydroxylation sites is 1. The highest BCUT2D eigenvalue weighted by molar-refractivity contribution is 6.89. The maximum Gasteiger partial charge on any atom is 0.144 e. The van der Waals surface area contributed by atoms with Crippen LogP contribution in [0.25, 0.3) is 28.2 Å². The van der Waals surface area contributed by atoms with E-state index >= 15 is 0 Å². The van der Waals surface area contributed by atoms with Crippen molar-refractivity contribution in [3.05, 3.63) is 91.3 Å². The van der Waals surface area contributed by atoms with Crippen molar-refractivity contribution in [1.82, 2.24) is 9.55 Å². The molecular formula is C24H24N2Si. The molecule has 27 heavy (non-hydrogen) atoms. The predicted molar refractivity (Wildman–Crippen MR) is 117 cm³/mol. The lowest BCUT2D eigenvalue weighted by atomic mass is 10.0. The summed E-state index contributed by atoms with van der Waals surface area (Å²) in [5.74, 6) is 0.985. The van der Waals surface area contributed by atoms with E-state index in [1.807, 2.05) is 12.3 Å². The summed E-state index contributed by atoms with van der Waals surface area (Å²) in [5.41, 5.74) is 4.89. The molecule has 4 rings (SSSR count). The van der Waals surface area contributed by atoms with E-state index < -0.39 is 8.07 Å². The second kappa shape index (κ2) is 7.01. The van der Waals surface area contributed by atoms with E-state index in [9.17, 15) is 0 Å². The van der Waals surface area contributed by atoms with Crippen molar-refractivity contribution in [2.24, 2.45) is 0 Å². The highest BCUT2D eigenvalue weighted by atomic mass is 28.3. The van der Waals surface area contributed by atoms with Gasteiger partial charge in [0.2, 0.25) is 0 Å². The Morgan fingerprint density at radius 1 is 0.704 bits per heavy atom. The molecule has 0 saturated carbocycles. The van der Waals surface area contributed by atoms with Crippen molar-refractivity contribution in [2.45, 2.75) is 19.6 Å². The Balaban J connectivity index is 2.02. The van der Waals surface area contributed by atoms with Crippen molar-refractivity contribution < 1.29 is 0 Å². The smallest absolute Gasteiger partial charge is 0.144 e. The van der Waals surface area contributed by atoms with Gasteiger partial charge in [-0.1, -0.05) is 98.5 Å². The molecule has 0 aliphatic carbocycles. The first-order valence-electron chi connectivity index (χ1n) is 9.34. The van der Waals surface area contributed by atoms with Crippen LogP contribution in [-0.2, 0) is 0 Å².